The second-order valence-electron chi connectivity index (χ2n) is 5.09. The number of carbonyl (C=O) groups is 1. The molecule has 0 unspecified atom stereocenters. The zero-order chi connectivity index (χ0) is 17.0. The molecule has 128 valence electrons. The third kappa shape index (κ3) is 18.1. The number of hydrogen-bond donors (Lipinski definition) is 0. The molecule has 2 heteroatoms. The van der Waals surface area contributed by atoms with Crippen molar-refractivity contribution in [1.82, 2.24) is 0 Å². The van der Waals surface area contributed by atoms with Crippen molar-refractivity contribution >= 4 is 5.97 Å². The Labute approximate surface area is 142 Å². The van der Waals surface area contributed by atoms with E-state index in [-0.39, 0.29) is 5.97 Å². The molecule has 0 radical (unpaired) electrons. The van der Waals surface area contributed by atoms with E-state index in [1.807, 2.05) is 13.8 Å². The molecule has 0 atom stereocenters. The minimum atomic E-state index is -0.0933. The molecule has 0 saturated heterocycles. The Bertz CT molecular complexity index is 412. The molecule has 0 aliphatic heterocycles. The molecule has 0 heterocycles. The van der Waals surface area contributed by atoms with Crippen LogP contribution in [-0.4, -0.2) is 12.6 Å². The van der Waals surface area contributed by atoms with Gasteiger partial charge in [0.2, 0.25) is 0 Å². The summed E-state index contributed by atoms with van der Waals surface area (Å²) >= 11 is 0. The third-order valence-electron chi connectivity index (χ3n) is 3.05. The predicted molar refractivity (Wildman–Crippen MR) is 100 cm³/mol. The zero-order valence-corrected chi connectivity index (χ0v) is 14.7. The molecule has 23 heavy (non-hydrogen) atoms. The predicted octanol–water partition coefficient (Wildman–Crippen LogP) is 6.08. The molecule has 0 amide bonds. The topological polar surface area (TPSA) is 26.3 Å². The SMILES string of the molecule is C/C=C\C/C=C\C/C=C\C/C=C\C/C=C\CCCC(=O)OCC. The first kappa shape index (κ1) is 21.2. The van der Waals surface area contributed by atoms with E-state index in [1.54, 1.807) is 0 Å². The molecule has 0 fully saturated rings. The first-order valence-corrected chi connectivity index (χ1v) is 8.68. The Morgan fingerprint density at radius 1 is 0.783 bits per heavy atom. The third-order valence-corrected chi connectivity index (χ3v) is 3.05. The van der Waals surface area contributed by atoms with E-state index in [4.69, 9.17) is 4.74 Å². The van der Waals surface area contributed by atoms with Crippen LogP contribution in [0.15, 0.2) is 60.8 Å². The van der Waals surface area contributed by atoms with Crippen molar-refractivity contribution in [1.29, 1.82) is 0 Å². The van der Waals surface area contributed by atoms with Crippen LogP contribution in [0.25, 0.3) is 0 Å². The molecule has 0 spiro atoms. The van der Waals surface area contributed by atoms with Crippen LogP contribution < -0.4 is 0 Å². The van der Waals surface area contributed by atoms with Gasteiger partial charge in [0.1, 0.15) is 0 Å². The molecule has 0 saturated carbocycles. The van der Waals surface area contributed by atoms with Crippen LogP contribution in [0.5, 0.6) is 0 Å². The van der Waals surface area contributed by atoms with Crippen LogP contribution in [-0.2, 0) is 9.53 Å². The molecular formula is C21H32O2. The molecule has 0 rings (SSSR count). The van der Waals surface area contributed by atoms with Crippen molar-refractivity contribution in [2.75, 3.05) is 6.61 Å². The lowest BCUT2D eigenvalue weighted by atomic mass is 10.2. The normalized spacial score (nSPS) is 12.6. The van der Waals surface area contributed by atoms with Crippen LogP contribution in [0.1, 0.15) is 58.8 Å². The van der Waals surface area contributed by atoms with Gasteiger partial charge in [-0.1, -0.05) is 60.8 Å². The van der Waals surface area contributed by atoms with Crippen LogP contribution in [0.3, 0.4) is 0 Å². The van der Waals surface area contributed by atoms with E-state index in [2.05, 4.69) is 60.8 Å². The summed E-state index contributed by atoms with van der Waals surface area (Å²) in [6.45, 7) is 4.35. The van der Waals surface area contributed by atoms with Gasteiger partial charge < -0.3 is 4.74 Å². The second kappa shape index (κ2) is 18.2. The van der Waals surface area contributed by atoms with Gasteiger partial charge in [0, 0.05) is 6.42 Å². The van der Waals surface area contributed by atoms with Gasteiger partial charge in [-0.15, -0.1) is 0 Å². The summed E-state index contributed by atoms with van der Waals surface area (Å²) in [6, 6.07) is 0. The number of rotatable bonds is 13. The average molecular weight is 316 g/mol. The smallest absolute Gasteiger partial charge is 0.305 e. The van der Waals surface area contributed by atoms with E-state index in [0.29, 0.717) is 13.0 Å². The highest BCUT2D eigenvalue weighted by Gasteiger charge is 1.98. The minimum Gasteiger partial charge on any atom is -0.466 e. The molecule has 0 aromatic carbocycles. The van der Waals surface area contributed by atoms with E-state index in [9.17, 15) is 4.79 Å². The lowest BCUT2D eigenvalue weighted by molar-refractivity contribution is -0.143. The molecule has 0 aromatic rings. The highest BCUT2D eigenvalue weighted by atomic mass is 16.5. The van der Waals surface area contributed by atoms with E-state index in [1.165, 1.54) is 0 Å². The first-order valence-electron chi connectivity index (χ1n) is 8.68. The van der Waals surface area contributed by atoms with Gasteiger partial charge in [-0.2, -0.15) is 0 Å². The van der Waals surface area contributed by atoms with Crippen molar-refractivity contribution in [2.45, 2.75) is 58.8 Å². The fourth-order valence-electron chi connectivity index (χ4n) is 1.84. The van der Waals surface area contributed by atoms with Gasteiger partial charge in [0.05, 0.1) is 6.61 Å². The lowest BCUT2D eigenvalue weighted by Crippen LogP contribution is -2.02. The summed E-state index contributed by atoms with van der Waals surface area (Å²) in [7, 11) is 0. The summed E-state index contributed by atoms with van der Waals surface area (Å²) in [5, 5.41) is 0. The van der Waals surface area contributed by atoms with E-state index in [0.717, 1.165) is 38.5 Å². The summed E-state index contributed by atoms with van der Waals surface area (Å²) in [4.78, 5) is 11.1. The molecule has 2 nitrogen and oxygen atoms in total. The van der Waals surface area contributed by atoms with Gasteiger partial charge in [-0.25, -0.2) is 0 Å². The van der Waals surface area contributed by atoms with E-state index < -0.39 is 0 Å². The van der Waals surface area contributed by atoms with Crippen LogP contribution in [0.4, 0.5) is 0 Å². The number of hydrogen-bond acceptors (Lipinski definition) is 2. The summed E-state index contributed by atoms with van der Waals surface area (Å²) in [6.07, 6.45) is 27.9. The maximum absolute atomic E-state index is 11.1. The molecule has 0 aromatic heterocycles. The highest BCUT2D eigenvalue weighted by molar-refractivity contribution is 5.69. The van der Waals surface area contributed by atoms with E-state index >= 15 is 0 Å². The summed E-state index contributed by atoms with van der Waals surface area (Å²) in [5.74, 6) is -0.0933. The fourth-order valence-corrected chi connectivity index (χ4v) is 1.84. The number of esters is 1. The summed E-state index contributed by atoms with van der Waals surface area (Å²) in [5.41, 5.74) is 0. The van der Waals surface area contributed by atoms with Gasteiger partial charge in [-0.05, 0) is 52.4 Å². The van der Waals surface area contributed by atoms with Crippen molar-refractivity contribution < 1.29 is 9.53 Å². The van der Waals surface area contributed by atoms with Crippen LogP contribution in [0, 0.1) is 0 Å². The number of allylic oxidation sites excluding steroid dienone is 10. The fraction of sp³-hybridized carbons (Fsp3) is 0.476. The molecule has 0 N–H and O–H groups in total. The Morgan fingerprint density at radius 3 is 1.74 bits per heavy atom. The molecule has 0 aliphatic rings. The van der Waals surface area contributed by atoms with Crippen LogP contribution >= 0.6 is 0 Å². The average Bonchev–Trinajstić information content (AvgIpc) is 2.54. The van der Waals surface area contributed by atoms with Gasteiger partial charge in [-0.3, -0.25) is 4.79 Å². The van der Waals surface area contributed by atoms with Gasteiger partial charge >= 0.3 is 5.97 Å². The van der Waals surface area contributed by atoms with Crippen molar-refractivity contribution in [3.05, 3.63) is 60.8 Å². The molecule has 0 bridgehead atoms. The lowest BCUT2D eigenvalue weighted by Gasteiger charge is -1.98. The molecule has 0 aliphatic carbocycles. The Hall–Kier alpha value is -1.83. The van der Waals surface area contributed by atoms with Gasteiger partial charge in [0.15, 0.2) is 0 Å². The zero-order valence-electron chi connectivity index (χ0n) is 14.7. The number of ether oxygens (including phenoxy) is 1. The maximum Gasteiger partial charge on any atom is 0.305 e. The Balaban J connectivity index is 3.47. The maximum atomic E-state index is 11.1. The van der Waals surface area contributed by atoms with Crippen LogP contribution in [0.2, 0.25) is 0 Å². The first-order chi connectivity index (χ1) is 11.3. The summed E-state index contributed by atoms with van der Waals surface area (Å²) < 4.78 is 4.88. The minimum absolute atomic E-state index is 0.0933. The van der Waals surface area contributed by atoms with Gasteiger partial charge in [0.25, 0.3) is 0 Å². The quantitative estimate of drug-likeness (QED) is 0.234. The van der Waals surface area contributed by atoms with Crippen molar-refractivity contribution in [3.63, 3.8) is 0 Å². The highest BCUT2D eigenvalue weighted by Crippen LogP contribution is 2.00. The monoisotopic (exact) mass is 316 g/mol. The largest absolute Gasteiger partial charge is 0.466 e. The number of unbranched alkanes of at least 4 members (excludes halogenated alkanes) is 1. The molecular weight excluding hydrogens is 284 g/mol. The Kier molecular flexibility index (Phi) is 16.8. The number of carbonyl (C=O) groups excluding carboxylic acids is 1. The Morgan fingerprint density at radius 2 is 1.26 bits per heavy atom. The standard InChI is InChI=1S/C21H32O2/c1-3-5-6-7-8-9-10-11-12-13-14-15-16-17-18-19-20-21(22)23-4-2/h3,5,7-8,10-11,13-14,16-17H,4,6,9,12,15,18-20H2,1-2H3/b5-3-,8-7-,11-10-,14-13-,17-16-. The van der Waals surface area contributed by atoms with Crippen molar-refractivity contribution in [3.8, 4) is 0 Å². The van der Waals surface area contributed by atoms with Crippen molar-refractivity contribution in [2.24, 2.45) is 0 Å². The second-order valence-corrected chi connectivity index (χ2v) is 5.09.